The standard InChI is InChI=1S/C11H15N5O/c1-9-3-5-14-16(9)8-11(17)12-7-10-4-6-13-15(10)2/h3-6H,7-8H2,1-2H3,(H,12,17). The van der Waals surface area contributed by atoms with E-state index in [2.05, 4.69) is 15.5 Å². The van der Waals surface area contributed by atoms with Crippen molar-refractivity contribution >= 4 is 5.91 Å². The maximum Gasteiger partial charge on any atom is 0.242 e. The van der Waals surface area contributed by atoms with Gasteiger partial charge in [-0.1, -0.05) is 0 Å². The lowest BCUT2D eigenvalue weighted by Gasteiger charge is -2.06. The van der Waals surface area contributed by atoms with E-state index in [4.69, 9.17) is 0 Å². The summed E-state index contributed by atoms with van der Waals surface area (Å²) in [4.78, 5) is 11.7. The van der Waals surface area contributed by atoms with Crippen molar-refractivity contribution in [3.05, 3.63) is 35.9 Å². The van der Waals surface area contributed by atoms with Gasteiger partial charge in [-0.05, 0) is 19.1 Å². The van der Waals surface area contributed by atoms with Gasteiger partial charge in [-0.25, -0.2) is 0 Å². The van der Waals surface area contributed by atoms with Crippen LogP contribution in [0.1, 0.15) is 11.4 Å². The summed E-state index contributed by atoms with van der Waals surface area (Å²) in [6, 6.07) is 3.74. The van der Waals surface area contributed by atoms with E-state index >= 15 is 0 Å². The highest BCUT2D eigenvalue weighted by molar-refractivity contribution is 5.75. The van der Waals surface area contributed by atoms with Crippen molar-refractivity contribution in [2.24, 2.45) is 7.05 Å². The van der Waals surface area contributed by atoms with Gasteiger partial charge >= 0.3 is 0 Å². The van der Waals surface area contributed by atoms with Crippen LogP contribution >= 0.6 is 0 Å². The molecule has 2 aromatic heterocycles. The summed E-state index contributed by atoms with van der Waals surface area (Å²) in [5.74, 6) is -0.0574. The molecule has 90 valence electrons. The predicted octanol–water partition coefficient (Wildman–Crippen LogP) is 0.241. The van der Waals surface area contributed by atoms with Crippen LogP contribution in [-0.2, 0) is 24.9 Å². The van der Waals surface area contributed by atoms with Crippen molar-refractivity contribution in [2.45, 2.75) is 20.0 Å². The van der Waals surface area contributed by atoms with Gasteiger partial charge in [-0.2, -0.15) is 10.2 Å². The normalized spacial score (nSPS) is 10.5. The molecule has 1 amide bonds. The summed E-state index contributed by atoms with van der Waals surface area (Å²) in [6.07, 6.45) is 3.39. The Morgan fingerprint density at radius 2 is 2.12 bits per heavy atom. The fourth-order valence-corrected chi connectivity index (χ4v) is 1.52. The number of aromatic nitrogens is 4. The van der Waals surface area contributed by atoms with Gasteiger partial charge in [0.1, 0.15) is 6.54 Å². The third-order valence-corrected chi connectivity index (χ3v) is 2.61. The van der Waals surface area contributed by atoms with Crippen molar-refractivity contribution < 1.29 is 4.79 Å². The summed E-state index contributed by atoms with van der Waals surface area (Å²) < 4.78 is 3.40. The third kappa shape index (κ3) is 2.72. The average Bonchev–Trinajstić information content (AvgIpc) is 2.86. The number of nitrogens with zero attached hydrogens (tertiary/aromatic N) is 4. The first-order valence-corrected chi connectivity index (χ1v) is 5.39. The van der Waals surface area contributed by atoms with Crippen LogP contribution in [0.4, 0.5) is 0 Å². The molecule has 17 heavy (non-hydrogen) atoms. The molecule has 0 atom stereocenters. The number of rotatable bonds is 4. The smallest absolute Gasteiger partial charge is 0.242 e. The molecule has 0 spiro atoms. The van der Waals surface area contributed by atoms with Gasteiger partial charge in [-0.3, -0.25) is 14.2 Å². The number of nitrogens with one attached hydrogen (secondary N) is 1. The van der Waals surface area contributed by atoms with E-state index in [-0.39, 0.29) is 12.5 Å². The minimum atomic E-state index is -0.0574. The summed E-state index contributed by atoms with van der Waals surface area (Å²) >= 11 is 0. The van der Waals surface area contributed by atoms with Gasteiger partial charge in [0, 0.05) is 25.1 Å². The second-order valence-corrected chi connectivity index (χ2v) is 3.85. The summed E-state index contributed by atoms with van der Waals surface area (Å²) in [5.41, 5.74) is 1.94. The molecule has 0 saturated heterocycles. The summed E-state index contributed by atoms with van der Waals surface area (Å²) in [7, 11) is 1.85. The zero-order valence-corrected chi connectivity index (χ0v) is 9.92. The molecule has 0 unspecified atom stereocenters. The Hall–Kier alpha value is -2.11. The molecule has 0 aliphatic carbocycles. The molecule has 6 nitrogen and oxygen atoms in total. The molecular formula is C11H15N5O. The van der Waals surface area contributed by atoms with Gasteiger partial charge in [0.25, 0.3) is 0 Å². The maximum absolute atomic E-state index is 11.7. The topological polar surface area (TPSA) is 64.7 Å². The number of carbonyl (C=O) groups excluding carboxylic acids is 1. The van der Waals surface area contributed by atoms with Crippen molar-refractivity contribution in [3.63, 3.8) is 0 Å². The maximum atomic E-state index is 11.7. The van der Waals surface area contributed by atoms with E-state index in [1.54, 1.807) is 21.8 Å². The number of amides is 1. The van der Waals surface area contributed by atoms with E-state index < -0.39 is 0 Å². The molecule has 2 aromatic rings. The Bertz CT molecular complexity index is 513. The molecule has 0 aromatic carbocycles. The van der Waals surface area contributed by atoms with Crippen LogP contribution in [0.25, 0.3) is 0 Å². The number of hydrogen-bond donors (Lipinski definition) is 1. The van der Waals surface area contributed by atoms with Crippen molar-refractivity contribution in [3.8, 4) is 0 Å². The van der Waals surface area contributed by atoms with Crippen LogP contribution < -0.4 is 5.32 Å². The minimum absolute atomic E-state index is 0.0574. The highest BCUT2D eigenvalue weighted by Crippen LogP contribution is 1.97. The van der Waals surface area contributed by atoms with Gasteiger partial charge in [0.15, 0.2) is 0 Å². The lowest BCUT2D eigenvalue weighted by molar-refractivity contribution is -0.122. The first kappa shape index (κ1) is 11.4. The zero-order chi connectivity index (χ0) is 12.3. The summed E-state index contributed by atoms with van der Waals surface area (Å²) in [5, 5.41) is 10.9. The molecule has 2 rings (SSSR count). The van der Waals surface area contributed by atoms with Crippen molar-refractivity contribution in [1.82, 2.24) is 24.9 Å². The van der Waals surface area contributed by atoms with Crippen LogP contribution in [0.2, 0.25) is 0 Å². The molecule has 0 bridgehead atoms. The molecule has 0 radical (unpaired) electrons. The average molecular weight is 233 g/mol. The van der Waals surface area contributed by atoms with E-state index in [0.717, 1.165) is 11.4 Å². The molecule has 0 fully saturated rings. The Morgan fingerprint density at radius 3 is 2.71 bits per heavy atom. The molecule has 2 heterocycles. The van der Waals surface area contributed by atoms with E-state index in [9.17, 15) is 4.79 Å². The van der Waals surface area contributed by atoms with E-state index in [1.165, 1.54) is 0 Å². The van der Waals surface area contributed by atoms with Gasteiger partial charge in [0.2, 0.25) is 5.91 Å². The van der Waals surface area contributed by atoms with E-state index in [1.807, 2.05) is 26.1 Å². The Labute approximate surface area is 99.2 Å². The third-order valence-electron chi connectivity index (χ3n) is 2.61. The first-order valence-electron chi connectivity index (χ1n) is 5.39. The predicted molar refractivity (Wildman–Crippen MR) is 62.0 cm³/mol. The molecule has 0 saturated carbocycles. The number of carbonyl (C=O) groups is 1. The Balaban J connectivity index is 1.86. The lowest BCUT2D eigenvalue weighted by Crippen LogP contribution is -2.28. The second kappa shape index (κ2) is 4.82. The Kier molecular flexibility index (Phi) is 3.22. The Morgan fingerprint density at radius 1 is 1.35 bits per heavy atom. The van der Waals surface area contributed by atoms with Gasteiger partial charge in [0.05, 0.1) is 12.2 Å². The monoisotopic (exact) mass is 233 g/mol. The molecule has 0 aliphatic heterocycles. The highest BCUT2D eigenvalue weighted by Gasteiger charge is 2.06. The first-order chi connectivity index (χ1) is 8.16. The van der Waals surface area contributed by atoms with Crippen molar-refractivity contribution in [1.29, 1.82) is 0 Å². The molecule has 0 aliphatic rings. The fraction of sp³-hybridized carbons (Fsp3) is 0.364. The van der Waals surface area contributed by atoms with E-state index in [0.29, 0.717) is 6.54 Å². The van der Waals surface area contributed by atoms with Gasteiger partial charge < -0.3 is 5.32 Å². The SMILES string of the molecule is Cc1ccnn1CC(=O)NCc1ccnn1C. The van der Waals surface area contributed by atoms with Crippen LogP contribution in [0, 0.1) is 6.92 Å². The molecular weight excluding hydrogens is 218 g/mol. The van der Waals surface area contributed by atoms with Crippen LogP contribution in [-0.4, -0.2) is 25.5 Å². The van der Waals surface area contributed by atoms with Crippen LogP contribution in [0.15, 0.2) is 24.5 Å². The zero-order valence-electron chi connectivity index (χ0n) is 9.92. The molecule has 1 N–H and O–H groups in total. The van der Waals surface area contributed by atoms with Crippen molar-refractivity contribution in [2.75, 3.05) is 0 Å². The fourth-order valence-electron chi connectivity index (χ4n) is 1.52. The number of aryl methyl sites for hydroxylation is 2. The van der Waals surface area contributed by atoms with Gasteiger partial charge in [-0.15, -0.1) is 0 Å². The lowest BCUT2D eigenvalue weighted by atomic mass is 10.4. The molecule has 6 heteroatoms. The van der Waals surface area contributed by atoms with Crippen LogP contribution in [0.5, 0.6) is 0 Å². The number of hydrogen-bond acceptors (Lipinski definition) is 3. The van der Waals surface area contributed by atoms with Crippen LogP contribution in [0.3, 0.4) is 0 Å². The minimum Gasteiger partial charge on any atom is -0.349 e. The summed E-state index contributed by atoms with van der Waals surface area (Å²) in [6.45, 7) is 2.65. The quantitative estimate of drug-likeness (QED) is 0.822. The largest absolute Gasteiger partial charge is 0.349 e. The second-order valence-electron chi connectivity index (χ2n) is 3.85. The highest BCUT2D eigenvalue weighted by atomic mass is 16.2.